The minimum absolute atomic E-state index is 0.0994. The lowest BCUT2D eigenvalue weighted by Crippen LogP contribution is -2.41. The lowest BCUT2D eigenvalue weighted by molar-refractivity contribution is 0.724. The highest BCUT2D eigenvalue weighted by Crippen LogP contribution is 2.18. The van der Waals surface area contributed by atoms with Crippen LogP contribution in [0.2, 0.25) is 0 Å². The summed E-state index contributed by atoms with van der Waals surface area (Å²) < 4.78 is 1.39. The van der Waals surface area contributed by atoms with Gasteiger partial charge in [0.05, 0.1) is 0 Å². The summed E-state index contributed by atoms with van der Waals surface area (Å²) in [6.45, 7) is 0. The molecule has 0 amide bonds. The van der Waals surface area contributed by atoms with Gasteiger partial charge in [-0.25, -0.2) is 0 Å². The summed E-state index contributed by atoms with van der Waals surface area (Å²) in [7, 11) is 1.84. The molecular weight excluding hydrogens is 204 g/mol. The molecule has 1 aliphatic heterocycles. The van der Waals surface area contributed by atoms with E-state index in [0.717, 1.165) is 11.2 Å². The number of anilines is 1. The lowest BCUT2D eigenvalue weighted by atomic mass is 10.2. The van der Waals surface area contributed by atoms with Crippen molar-refractivity contribution in [3.8, 4) is 0 Å². The van der Waals surface area contributed by atoms with Crippen LogP contribution in [0.3, 0.4) is 0 Å². The van der Waals surface area contributed by atoms with Crippen LogP contribution in [-0.2, 0) is 0 Å². The van der Waals surface area contributed by atoms with Gasteiger partial charge in [0.2, 0.25) is 0 Å². The van der Waals surface area contributed by atoms with E-state index in [0.29, 0.717) is 5.39 Å². The molecule has 0 fully saturated rings. The van der Waals surface area contributed by atoms with E-state index < -0.39 is 0 Å². The zero-order chi connectivity index (χ0) is 11.1. The third-order valence-corrected chi connectivity index (χ3v) is 2.65. The van der Waals surface area contributed by atoms with Gasteiger partial charge in [-0.1, -0.05) is 18.2 Å². The molecule has 0 atom stereocenters. The van der Waals surface area contributed by atoms with Crippen molar-refractivity contribution in [2.75, 3.05) is 12.1 Å². The molecule has 5 heteroatoms. The Labute approximate surface area is 91.6 Å². The monoisotopic (exact) mass is 214 g/mol. The smallest absolute Gasteiger partial charge is 0.280 e. The normalized spacial score (nSPS) is 13.7. The van der Waals surface area contributed by atoms with Crippen molar-refractivity contribution in [1.29, 1.82) is 0 Å². The van der Waals surface area contributed by atoms with E-state index in [4.69, 9.17) is 0 Å². The first-order chi connectivity index (χ1) is 7.77. The van der Waals surface area contributed by atoms with Crippen LogP contribution in [0.1, 0.15) is 0 Å². The predicted octanol–water partition coefficient (Wildman–Crippen LogP) is 0.747. The number of hydrogen-bond acceptors (Lipinski definition) is 4. The van der Waals surface area contributed by atoms with Gasteiger partial charge in [0, 0.05) is 12.4 Å². The Bertz CT molecular complexity index is 644. The van der Waals surface area contributed by atoms with E-state index in [1.54, 1.807) is 5.01 Å². The third kappa shape index (κ3) is 1.11. The van der Waals surface area contributed by atoms with Crippen molar-refractivity contribution < 1.29 is 0 Å². The summed E-state index contributed by atoms with van der Waals surface area (Å²) in [4.78, 5) is 12.1. The highest BCUT2D eigenvalue weighted by molar-refractivity contribution is 5.84. The summed E-state index contributed by atoms with van der Waals surface area (Å²) in [5.74, 6) is 0.728. The summed E-state index contributed by atoms with van der Waals surface area (Å²) in [6, 6.07) is 9.43. The van der Waals surface area contributed by atoms with Gasteiger partial charge in [-0.2, -0.15) is 9.78 Å². The molecule has 1 aliphatic rings. The first kappa shape index (κ1) is 8.96. The molecule has 1 aromatic heterocycles. The Balaban J connectivity index is 2.47. The number of benzene rings is 1. The molecule has 16 heavy (non-hydrogen) atoms. The lowest BCUT2D eigenvalue weighted by Gasteiger charge is -2.24. The number of pyridine rings is 1. The number of nitrogens with zero attached hydrogens (tertiary/aromatic N) is 3. The molecular formula is C11H10N4O. The predicted molar refractivity (Wildman–Crippen MR) is 63.6 cm³/mol. The molecule has 0 spiro atoms. The Kier molecular flexibility index (Phi) is 1.73. The highest BCUT2D eigenvalue weighted by atomic mass is 16.1. The number of rotatable bonds is 0. The van der Waals surface area contributed by atoms with Gasteiger partial charge in [-0.05, 0) is 17.5 Å². The zero-order valence-corrected chi connectivity index (χ0v) is 8.71. The fourth-order valence-corrected chi connectivity index (χ4v) is 1.82. The molecule has 2 aromatic rings. The van der Waals surface area contributed by atoms with Crippen LogP contribution in [0.4, 0.5) is 5.82 Å². The fourth-order valence-electron chi connectivity index (χ4n) is 1.82. The Morgan fingerprint density at radius 3 is 3.00 bits per heavy atom. The minimum Gasteiger partial charge on any atom is -0.285 e. The van der Waals surface area contributed by atoms with E-state index in [1.807, 2.05) is 37.4 Å². The van der Waals surface area contributed by atoms with Gasteiger partial charge in [-0.15, -0.1) is 0 Å². The van der Waals surface area contributed by atoms with Crippen molar-refractivity contribution >= 4 is 22.9 Å². The molecule has 0 saturated heterocycles. The largest absolute Gasteiger partial charge is 0.285 e. The molecule has 0 radical (unpaired) electrons. The third-order valence-electron chi connectivity index (χ3n) is 2.65. The minimum atomic E-state index is -0.0994. The molecule has 1 N–H and O–H groups in total. The van der Waals surface area contributed by atoms with Crippen molar-refractivity contribution in [3.63, 3.8) is 0 Å². The summed E-state index contributed by atoms with van der Waals surface area (Å²) in [5, 5.41) is 7.37. The molecule has 0 bridgehead atoms. The molecule has 0 saturated carbocycles. The Morgan fingerprint density at radius 2 is 2.12 bits per heavy atom. The SMILES string of the molecule is CN1NC=Nn2c1cc1ccccc1c2=O. The number of fused-ring (bicyclic) bond motifs is 2. The van der Waals surface area contributed by atoms with Crippen LogP contribution >= 0.6 is 0 Å². The van der Waals surface area contributed by atoms with Crippen LogP contribution in [0.5, 0.6) is 0 Å². The average Bonchev–Trinajstić information content (AvgIpc) is 2.31. The number of hydrazine groups is 1. The Hall–Kier alpha value is -2.30. The molecule has 80 valence electrons. The van der Waals surface area contributed by atoms with Crippen LogP contribution < -0.4 is 16.0 Å². The number of hydrogen-bond donors (Lipinski definition) is 1. The highest BCUT2D eigenvalue weighted by Gasteiger charge is 2.13. The molecule has 1 aromatic carbocycles. The molecule has 3 rings (SSSR count). The number of aromatic nitrogens is 1. The van der Waals surface area contributed by atoms with E-state index in [1.165, 1.54) is 11.0 Å². The quantitative estimate of drug-likeness (QED) is 0.704. The van der Waals surface area contributed by atoms with Gasteiger partial charge >= 0.3 is 0 Å². The maximum absolute atomic E-state index is 12.1. The maximum Gasteiger partial charge on any atom is 0.280 e. The zero-order valence-electron chi connectivity index (χ0n) is 8.71. The van der Waals surface area contributed by atoms with Gasteiger partial charge < -0.3 is 0 Å². The van der Waals surface area contributed by atoms with Crippen LogP contribution in [0, 0.1) is 0 Å². The standard InChI is InChI=1S/C11H10N4O/c1-14-10-6-8-4-2-3-5-9(8)11(16)15(10)13-7-12-14/h2-7H,1H3,(H,12,13). The first-order valence-electron chi connectivity index (χ1n) is 4.95. The topological polar surface area (TPSA) is 49.6 Å². The molecule has 2 heterocycles. The molecule has 5 nitrogen and oxygen atoms in total. The molecule has 0 aliphatic carbocycles. The van der Waals surface area contributed by atoms with Crippen molar-refractivity contribution in [3.05, 3.63) is 40.7 Å². The second kappa shape index (κ2) is 3.10. The van der Waals surface area contributed by atoms with E-state index >= 15 is 0 Å². The van der Waals surface area contributed by atoms with Gasteiger partial charge in [0.1, 0.15) is 6.34 Å². The Morgan fingerprint density at radius 1 is 1.31 bits per heavy atom. The number of nitrogens with one attached hydrogen (secondary N) is 1. The van der Waals surface area contributed by atoms with Crippen molar-refractivity contribution in [2.45, 2.75) is 0 Å². The van der Waals surface area contributed by atoms with Crippen molar-refractivity contribution in [1.82, 2.24) is 10.1 Å². The second-order valence-electron chi connectivity index (χ2n) is 3.64. The second-order valence-corrected chi connectivity index (χ2v) is 3.64. The van der Waals surface area contributed by atoms with E-state index in [2.05, 4.69) is 10.5 Å². The summed E-state index contributed by atoms with van der Waals surface area (Å²) in [6.07, 6.45) is 1.49. The van der Waals surface area contributed by atoms with E-state index in [9.17, 15) is 4.79 Å². The van der Waals surface area contributed by atoms with Crippen LogP contribution in [-0.4, -0.2) is 18.1 Å². The summed E-state index contributed by atoms with van der Waals surface area (Å²) in [5.41, 5.74) is 2.81. The van der Waals surface area contributed by atoms with Gasteiger partial charge in [-0.3, -0.25) is 15.2 Å². The average molecular weight is 214 g/mol. The van der Waals surface area contributed by atoms with Crippen LogP contribution in [0.25, 0.3) is 10.8 Å². The van der Waals surface area contributed by atoms with Crippen LogP contribution in [0.15, 0.2) is 40.2 Å². The maximum atomic E-state index is 12.1. The summed E-state index contributed by atoms with van der Waals surface area (Å²) >= 11 is 0. The fraction of sp³-hybridized carbons (Fsp3) is 0.0909. The molecule has 0 unspecified atom stereocenters. The van der Waals surface area contributed by atoms with Gasteiger partial charge in [0.25, 0.3) is 5.56 Å². The first-order valence-corrected chi connectivity index (χ1v) is 4.95. The van der Waals surface area contributed by atoms with E-state index in [-0.39, 0.29) is 5.56 Å². The van der Waals surface area contributed by atoms with Crippen molar-refractivity contribution in [2.24, 2.45) is 5.10 Å². The van der Waals surface area contributed by atoms with Gasteiger partial charge in [0.15, 0.2) is 5.82 Å².